The third-order valence-electron chi connectivity index (χ3n) is 1.79. The molecule has 0 amide bonds. The van der Waals surface area contributed by atoms with E-state index in [9.17, 15) is 22.0 Å². The van der Waals surface area contributed by atoms with E-state index in [4.69, 9.17) is 0 Å². The van der Waals surface area contributed by atoms with Gasteiger partial charge in [-0.05, 0) is 12.1 Å². The van der Waals surface area contributed by atoms with E-state index in [-0.39, 0.29) is 11.4 Å². The van der Waals surface area contributed by atoms with Crippen LogP contribution in [0.2, 0.25) is 0 Å². The second-order valence-corrected chi connectivity index (χ2v) is 4.13. The number of thioether (sulfide) groups is 1. The highest BCUT2D eigenvalue weighted by molar-refractivity contribution is 7.99. The minimum absolute atomic E-state index is 0.125. The van der Waals surface area contributed by atoms with Crippen LogP contribution in [0.1, 0.15) is 0 Å². The summed E-state index contributed by atoms with van der Waals surface area (Å²) in [6.07, 6.45) is -4.68. The lowest BCUT2D eigenvalue weighted by Crippen LogP contribution is -2.19. The summed E-state index contributed by atoms with van der Waals surface area (Å²) in [7, 11) is 0. The summed E-state index contributed by atoms with van der Waals surface area (Å²) >= 11 is 0.330. The molecule has 0 aliphatic rings. The summed E-state index contributed by atoms with van der Waals surface area (Å²) in [4.78, 5) is 0.277. The SMILES string of the molecule is FC(F)Sc1ccccc1NCCOC(F)(F)F. The first-order chi connectivity index (χ1) is 8.38. The molecule has 1 N–H and O–H groups in total. The van der Waals surface area contributed by atoms with Crippen molar-refractivity contribution in [2.75, 3.05) is 18.5 Å². The smallest absolute Gasteiger partial charge is 0.382 e. The van der Waals surface area contributed by atoms with E-state index in [1.807, 2.05) is 0 Å². The summed E-state index contributed by atoms with van der Waals surface area (Å²) in [5, 5.41) is 2.61. The topological polar surface area (TPSA) is 21.3 Å². The van der Waals surface area contributed by atoms with Crippen molar-refractivity contribution >= 4 is 17.4 Å². The molecule has 0 fully saturated rings. The van der Waals surface area contributed by atoms with Crippen molar-refractivity contribution in [3.63, 3.8) is 0 Å². The summed E-state index contributed by atoms with van der Waals surface area (Å²) in [5.41, 5.74) is 0.355. The van der Waals surface area contributed by atoms with Gasteiger partial charge in [0.15, 0.2) is 0 Å². The van der Waals surface area contributed by atoms with Crippen LogP contribution in [0.3, 0.4) is 0 Å². The van der Waals surface area contributed by atoms with Crippen molar-refractivity contribution in [3.05, 3.63) is 24.3 Å². The molecule has 0 unspecified atom stereocenters. The van der Waals surface area contributed by atoms with E-state index in [2.05, 4.69) is 10.1 Å². The molecule has 18 heavy (non-hydrogen) atoms. The Hall–Kier alpha value is -1.02. The molecule has 0 aliphatic carbocycles. The normalized spacial score (nSPS) is 11.9. The third-order valence-corrected chi connectivity index (χ3v) is 2.57. The zero-order chi connectivity index (χ0) is 13.6. The van der Waals surface area contributed by atoms with Gasteiger partial charge in [0, 0.05) is 17.1 Å². The van der Waals surface area contributed by atoms with Gasteiger partial charge >= 0.3 is 6.36 Å². The summed E-state index contributed by atoms with van der Waals surface area (Å²) in [5.74, 6) is -2.58. The van der Waals surface area contributed by atoms with E-state index >= 15 is 0 Å². The average Bonchev–Trinajstić information content (AvgIpc) is 2.24. The first kappa shape index (κ1) is 15.0. The maximum absolute atomic E-state index is 12.2. The van der Waals surface area contributed by atoms with Crippen LogP contribution in [0.5, 0.6) is 0 Å². The number of para-hydroxylation sites is 1. The number of alkyl halides is 5. The lowest BCUT2D eigenvalue weighted by atomic mass is 10.3. The highest BCUT2D eigenvalue weighted by Crippen LogP contribution is 2.31. The predicted molar refractivity (Wildman–Crippen MR) is 58.8 cm³/mol. The van der Waals surface area contributed by atoms with Crippen molar-refractivity contribution < 1.29 is 26.7 Å². The molecule has 0 aromatic heterocycles. The first-order valence-electron chi connectivity index (χ1n) is 4.87. The molecule has 0 saturated carbocycles. The van der Waals surface area contributed by atoms with Gasteiger partial charge in [0.05, 0.1) is 6.61 Å². The largest absolute Gasteiger partial charge is 0.522 e. The van der Waals surface area contributed by atoms with E-state index in [0.29, 0.717) is 17.4 Å². The minimum atomic E-state index is -4.68. The number of rotatable bonds is 6. The molecule has 0 radical (unpaired) electrons. The minimum Gasteiger partial charge on any atom is -0.382 e. The fourth-order valence-electron chi connectivity index (χ4n) is 1.16. The van der Waals surface area contributed by atoms with Gasteiger partial charge < -0.3 is 5.32 Å². The highest BCUT2D eigenvalue weighted by Gasteiger charge is 2.28. The van der Waals surface area contributed by atoms with Crippen LogP contribution in [0.25, 0.3) is 0 Å². The van der Waals surface area contributed by atoms with Gasteiger partial charge in [-0.15, -0.1) is 13.2 Å². The lowest BCUT2D eigenvalue weighted by molar-refractivity contribution is -0.322. The van der Waals surface area contributed by atoms with Crippen molar-refractivity contribution in [3.8, 4) is 0 Å². The standard InChI is InChI=1S/C10H10F5NOS/c11-9(12)18-8-4-2-1-3-7(8)16-5-6-17-10(13,14)15/h1-4,9,16H,5-6H2. The molecule has 1 rings (SSSR count). The number of halogens is 5. The summed E-state index contributed by atoms with van der Waals surface area (Å²) in [6.45, 7) is -0.711. The quantitative estimate of drug-likeness (QED) is 0.486. The number of nitrogens with one attached hydrogen (secondary N) is 1. The molecule has 0 heterocycles. The number of benzene rings is 1. The molecule has 2 nitrogen and oxygen atoms in total. The van der Waals surface area contributed by atoms with Crippen LogP contribution in [0.15, 0.2) is 29.2 Å². The molecule has 8 heteroatoms. The predicted octanol–water partition coefficient (Wildman–Crippen LogP) is 3.95. The summed E-state index contributed by atoms with van der Waals surface area (Å²) < 4.78 is 63.0. The lowest BCUT2D eigenvalue weighted by Gasteiger charge is -2.12. The molecule has 0 saturated heterocycles. The zero-order valence-corrected chi connectivity index (χ0v) is 9.82. The Morgan fingerprint density at radius 1 is 1.22 bits per heavy atom. The van der Waals surface area contributed by atoms with Gasteiger partial charge in [-0.2, -0.15) is 8.78 Å². The maximum Gasteiger partial charge on any atom is 0.522 e. The van der Waals surface area contributed by atoms with Gasteiger partial charge in [0.2, 0.25) is 0 Å². The Bertz CT molecular complexity index is 372. The van der Waals surface area contributed by atoms with Crippen LogP contribution in [-0.4, -0.2) is 25.3 Å². The third kappa shape index (κ3) is 6.06. The van der Waals surface area contributed by atoms with Gasteiger partial charge in [-0.1, -0.05) is 23.9 Å². The molecule has 0 bridgehead atoms. The van der Waals surface area contributed by atoms with Gasteiger partial charge in [-0.25, -0.2) is 0 Å². The Morgan fingerprint density at radius 3 is 2.50 bits per heavy atom. The molecular formula is C10H10F5NOS. The molecular weight excluding hydrogens is 277 g/mol. The second-order valence-electron chi connectivity index (χ2n) is 3.10. The Balaban J connectivity index is 2.46. The van der Waals surface area contributed by atoms with E-state index in [0.717, 1.165) is 0 Å². The van der Waals surface area contributed by atoms with Crippen LogP contribution in [-0.2, 0) is 4.74 Å². The highest BCUT2D eigenvalue weighted by atomic mass is 32.2. The Kier molecular flexibility index (Phi) is 5.67. The first-order valence-corrected chi connectivity index (χ1v) is 5.75. The molecule has 0 aliphatic heterocycles. The van der Waals surface area contributed by atoms with Crippen LogP contribution in [0, 0.1) is 0 Å². The van der Waals surface area contributed by atoms with Crippen molar-refractivity contribution in [2.24, 2.45) is 0 Å². The number of hydrogen-bond acceptors (Lipinski definition) is 3. The number of anilines is 1. The van der Waals surface area contributed by atoms with Gasteiger partial charge in [-0.3, -0.25) is 4.74 Å². The van der Waals surface area contributed by atoms with Crippen LogP contribution in [0.4, 0.5) is 27.6 Å². The maximum atomic E-state index is 12.2. The fraction of sp³-hybridized carbons (Fsp3) is 0.400. The van der Waals surface area contributed by atoms with Gasteiger partial charge in [0.1, 0.15) is 0 Å². The van der Waals surface area contributed by atoms with E-state index < -0.39 is 18.7 Å². The second kappa shape index (κ2) is 6.79. The molecule has 102 valence electrons. The molecule has 0 atom stereocenters. The molecule has 1 aromatic carbocycles. The van der Waals surface area contributed by atoms with Crippen LogP contribution < -0.4 is 5.32 Å². The van der Waals surface area contributed by atoms with Crippen molar-refractivity contribution in [2.45, 2.75) is 17.0 Å². The monoisotopic (exact) mass is 287 g/mol. The average molecular weight is 287 g/mol. The van der Waals surface area contributed by atoms with Crippen molar-refractivity contribution in [1.29, 1.82) is 0 Å². The number of hydrogen-bond donors (Lipinski definition) is 1. The van der Waals surface area contributed by atoms with E-state index in [1.165, 1.54) is 12.1 Å². The van der Waals surface area contributed by atoms with Gasteiger partial charge in [0.25, 0.3) is 5.76 Å². The Morgan fingerprint density at radius 2 is 1.89 bits per heavy atom. The summed E-state index contributed by atoms with van der Waals surface area (Å²) in [6, 6.07) is 6.15. The Labute approximate surface area is 105 Å². The van der Waals surface area contributed by atoms with E-state index in [1.54, 1.807) is 12.1 Å². The molecule has 0 spiro atoms. The fourth-order valence-corrected chi connectivity index (χ4v) is 1.78. The van der Waals surface area contributed by atoms with Crippen LogP contribution >= 0.6 is 11.8 Å². The molecule has 1 aromatic rings. The zero-order valence-electron chi connectivity index (χ0n) is 9.01. The number of ether oxygens (including phenoxy) is 1. The van der Waals surface area contributed by atoms with Crippen molar-refractivity contribution in [1.82, 2.24) is 0 Å².